The molecule has 0 spiro atoms. The topological polar surface area (TPSA) is 84.2 Å². The number of nitrogens with zero attached hydrogens (tertiary/aromatic N) is 2. The normalized spacial score (nSPS) is 21.8. The zero-order valence-corrected chi connectivity index (χ0v) is 14.3. The van der Waals surface area contributed by atoms with Gasteiger partial charge < -0.3 is 14.8 Å². The first kappa shape index (κ1) is 17.4. The molecule has 1 saturated heterocycles. The molecule has 2 atom stereocenters. The van der Waals surface area contributed by atoms with E-state index in [-0.39, 0.29) is 18.9 Å². The van der Waals surface area contributed by atoms with Crippen LogP contribution in [0.15, 0.2) is 11.4 Å². The number of pyridine rings is 1. The van der Waals surface area contributed by atoms with Crippen molar-refractivity contribution < 1.29 is 23.0 Å². The van der Waals surface area contributed by atoms with E-state index < -0.39 is 23.8 Å². The molecule has 1 N–H and O–H groups in total. The van der Waals surface area contributed by atoms with Gasteiger partial charge in [-0.15, -0.1) is 11.3 Å². The molecule has 0 unspecified atom stereocenters. The number of hydrogen-bond acceptors (Lipinski definition) is 6. The number of halogens is 2. The fourth-order valence-corrected chi connectivity index (χ4v) is 3.78. The monoisotopic (exact) mass is 367 g/mol. The van der Waals surface area contributed by atoms with Crippen molar-refractivity contribution in [3.05, 3.63) is 17.0 Å². The summed E-state index contributed by atoms with van der Waals surface area (Å²) in [6.07, 6.45) is 0.155. The minimum Gasteiger partial charge on any atom is -0.488 e. The van der Waals surface area contributed by atoms with E-state index in [1.165, 1.54) is 18.4 Å². The molecule has 3 rings (SSSR count). The van der Waals surface area contributed by atoms with Crippen LogP contribution in [0.25, 0.3) is 10.2 Å². The minimum absolute atomic E-state index is 0.0876. The van der Waals surface area contributed by atoms with Crippen molar-refractivity contribution in [1.82, 2.24) is 10.3 Å². The zero-order chi connectivity index (χ0) is 18.2. The first-order chi connectivity index (χ1) is 11.9. The predicted molar refractivity (Wildman–Crippen MR) is 87.0 cm³/mol. The summed E-state index contributed by atoms with van der Waals surface area (Å²) in [6, 6.07) is 2.86. The van der Waals surface area contributed by atoms with Crippen molar-refractivity contribution in [2.24, 2.45) is 5.92 Å². The number of fused-ring (bicyclic) bond motifs is 1. The lowest BCUT2D eigenvalue weighted by molar-refractivity contribution is -0.144. The number of carbonyl (C=O) groups is 1. The lowest BCUT2D eigenvalue weighted by Crippen LogP contribution is -2.35. The molecule has 9 heteroatoms. The predicted octanol–water partition coefficient (Wildman–Crippen LogP) is 2.72. The number of rotatable bonds is 5. The average Bonchev–Trinajstić information content (AvgIpc) is 3.09. The van der Waals surface area contributed by atoms with Gasteiger partial charge in [-0.25, -0.2) is 4.98 Å². The van der Waals surface area contributed by atoms with E-state index in [2.05, 4.69) is 10.3 Å². The summed E-state index contributed by atoms with van der Waals surface area (Å²) in [5.41, 5.74) is 0.794. The van der Waals surface area contributed by atoms with E-state index in [0.717, 1.165) is 4.70 Å². The average molecular weight is 367 g/mol. The van der Waals surface area contributed by atoms with Crippen molar-refractivity contribution in [2.45, 2.75) is 25.3 Å². The Bertz CT molecular complexity index is 862. The molecule has 25 heavy (non-hydrogen) atoms. The maximum absolute atomic E-state index is 13.8. The molecule has 0 radical (unpaired) electrons. The lowest BCUT2D eigenvalue weighted by atomic mass is 9.95. The Balaban J connectivity index is 1.82. The van der Waals surface area contributed by atoms with Crippen LogP contribution in [0.1, 0.15) is 18.9 Å². The molecule has 1 aliphatic heterocycles. The van der Waals surface area contributed by atoms with Crippen LogP contribution in [0.3, 0.4) is 0 Å². The second-order valence-electron chi connectivity index (χ2n) is 5.63. The van der Waals surface area contributed by atoms with Gasteiger partial charge in [-0.1, -0.05) is 6.92 Å². The van der Waals surface area contributed by atoms with Crippen LogP contribution in [0.5, 0.6) is 11.6 Å². The highest BCUT2D eigenvalue weighted by Crippen LogP contribution is 2.37. The van der Waals surface area contributed by atoms with Gasteiger partial charge in [0.15, 0.2) is 5.75 Å². The summed E-state index contributed by atoms with van der Waals surface area (Å²) in [7, 11) is 1.41. The largest absolute Gasteiger partial charge is 0.488 e. The smallest absolute Gasteiger partial charge is 0.329 e. The molecule has 3 heterocycles. The van der Waals surface area contributed by atoms with Crippen molar-refractivity contribution in [1.29, 1.82) is 5.26 Å². The molecule has 1 fully saturated rings. The van der Waals surface area contributed by atoms with E-state index in [4.69, 9.17) is 14.7 Å². The van der Waals surface area contributed by atoms with Crippen molar-refractivity contribution in [3.63, 3.8) is 0 Å². The molecule has 1 aliphatic rings. The molecule has 132 valence electrons. The number of nitriles is 1. The number of carbonyl (C=O) groups excluding carboxylic acids is 1. The standard InChI is InChI=1S/C16H15F2N3O3S/c1-3-9-10(20-15(22)16(9,17)18)6-24-11-7-25-12-4-8(5-19)14(23-2)21-13(11)12/h4,7,9-10H,3,6H2,1-2H3,(H,20,22)/t9-,10+/m0/s1. The highest BCUT2D eigenvalue weighted by atomic mass is 32.1. The number of amides is 1. The second kappa shape index (κ2) is 6.44. The van der Waals surface area contributed by atoms with E-state index >= 15 is 0 Å². The van der Waals surface area contributed by atoms with Crippen molar-refractivity contribution in [3.8, 4) is 17.7 Å². The van der Waals surface area contributed by atoms with Gasteiger partial charge in [0.1, 0.15) is 23.8 Å². The number of nitrogens with one attached hydrogen (secondary N) is 1. The molecule has 1 amide bonds. The number of aromatic nitrogens is 1. The van der Waals surface area contributed by atoms with Gasteiger partial charge >= 0.3 is 5.92 Å². The molecule has 6 nitrogen and oxygen atoms in total. The van der Waals surface area contributed by atoms with E-state index in [1.807, 2.05) is 6.07 Å². The Kier molecular flexibility index (Phi) is 4.47. The van der Waals surface area contributed by atoms with Crippen LogP contribution in [0, 0.1) is 17.2 Å². The number of alkyl halides is 2. The Hall–Kier alpha value is -2.47. The summed E-state index contributed by atoms with van der Waals surface area (Å²) in [5, 5.41) is 13.1. The van der Waals surface area contributed by atoms with Crippen LogP contribution < -0.4 is 14.8 Å². The van der Waals surface area contributed by atoms with Crippen LogP contribution in [0.2, 0.25) is 0 Å². The fourth-order valence-electron chi connectivity index (χ4n) is 2.92. The molecule has 0 bridgehead atoms. The van der Waals surface area contributed by atoms with E-state index in [0.29, 0.717) is 16.8 Å². The Morgan fingerprint density at radius 3 is 2.92 bits per heavy atom. The highest BCUT2D eigenvalue weighted by Gasteiger charge is 2.56. The van der Waals surface area contributed by atoms with Crippen molar-refractivity contribution >= 4 is 27.5 Å². The molecule has 0 saturated carbocycles. The van der Waals surface area contributed by atoms with Crippen molar-refractivity contribution in [2.75, 3.05) is 13.7 Å². The van der Waals surface area contributed by atoms with Gasteiger partial charge in [0, 0.05) is 5.38 Å². The number of hydrogen-bond donors (Lipinski definition) is 1. The van der Waals surface area contributed by atoms with Gasteiger partial charge in [-0.2, -0.15) is 14.0 Å². The van der Waals surface area contributed by atoms with Gasteiger partial charge in [0.2, 0.25) is 5.88 Å². The summed E-state index contributed by atoms with van der Waals surface area (Å²) in [6.45, 7) is 1.53. The van der Waals surface area contributed by atoms with E-state index in [1.54, 1.807) is 18.4 Å². The van der Waals surface area contributed by atoms with Gasteiger partial charge in [-0.3, -0.25) is 4.79 Å². The molecule has 2 aromatic rings. The maximum Gasteiger partial charge on any atom is 0.329 e. The van der Waals surface area contributed by atoms with Crippen LogP contribution in [-0.2, 0) is 4.79 Å². The maximum atomic E-state index is 13.8. The third-order valence-electron chi connectivity index (χ3n) is 4.22. The lowest BCUT2D eigenvalue weighted by Gasteiger charge is -2.20. The number of thiophene rings is 1. The first-order valence-corrected chi connectivity index (χ1v) is 8.48. The number of ether oxygens (including phenoxy) is 2. The highest BCUT2D eigenvalue weighted by molar-refractivity contribution is 7.17. The second-order valence-corrected chi connectivity index (χ2v) is 6.54. The summed E-state index contributed by atoms with van der Waals surface area (Å²) in [4.78, 5) is 15.7. The fraction of sp³-hybridized carbons (Fsp3) is 0.438. The Morgan fingerprint density at radius 1 is 1.52 bits per heavy atom. The molecular weight excluding hydrogens is 352 g/mol. The summed E-state index contributed by atoms with van der Waals surface area (Å²) >= 11 is 1.32. The Labute approximate surface area is 146 Å². The Morgan fingerprint density at radius 2 is 2.28 bits per heavy atom. The quantitative estimate of drug-likeness (QED) is 0.878. The van der Waals surface area contributed by atoms with Gasteiger partial charge in [0.25, 0.3) is 5.91 Å². The molecule has 2 aromatic heterocycles. The molecule has 0 aliphatic carbocycles. The molecule has 0 aromatic carbocycles. The third kappa shape index (κ3) is 2.87. The van der Waals surface area contributed by atoms with Gasteiger partial charge in [-0.05, 0) is 12.5 Å². The minimum atomic E-state index is -3.39. The van der Waals surface area contributed by atoms with Crippen LogP contribution >= 0.6 is 11.3 Å². The van der Waals surface area contributed by atoms with E-state index in [9.17, 15) is 13.6 Å². The molecular formula is C16H15F2N3O3S. The first-order valence-electron chi connectivity index (χ1n) is 7.60. The van der Waals surface area contributed by atoms with Gasteiger partial charge in [0.05, 0.1) is 23.8 Å². The third-order valence-corrected chi connectivity index (χ3v) is 5.12. The number of methoxy groups -OCH3 is 1. The van der Waals surface area contributed by atoms with Crippen LogP contribution in [-0.4, -0.2) is 36.6 Å². The SMILES string of the molecule is CC[C@H]1[C@@H](COc2csc3cc(C#N)c(OC)nc23)NC(=O)C1(F)F. The summed E-state index contributed by atoms with van der Waals surface area (Å²) < 4.78 is 39.1. The van der Waals surface area contributed by atoms with Crippen LogP contribution in [0.4, 0.5) is 8.78 Å². The summed E-state index contributed by atoms with van der Waals surface area (Å²) in [5.74, 6) is -5.19. The zero-order valence-electron chi connectivity index (χ0n) is 13.5.